The number of esters is 1. The molecule has 1 aromatic carbocycles. The van der Waals surface area contributed by atoms with Gasteiger partial charge in [-0.15, -0.1) is 0 Å². The number of hydrogen-bond donors (Lipinski definition) is 2. The van der Waals surface area contributed by atoms with Crippen molar-refractivity contribution in [3.05, 3.63) is 41.7 Å². The number of anilines is 1. The highest BCUT2D eigenvalue weighted by Gasteiger charge is 2.41. The molecule has 0 aliphatic carbocycles. The molecule has 2 N–H and O–H groups in total. The van der Waals surface area contributed by atoms with Crippen molar-refractivity contribution in [3.63, 3.8) is 0 Å². The smallest absolute Gasteiger partial charge is 0.434 e. The highest BCUT2D eigenvalue weighted by atomic mass is 19.4. The summed E-state index contributed by atoms with van der Waals surface area (Å²) < 4.78 is 46.1. The Kier molecular flexibility index (Phi) is 5.68. The minimum absolute atomic E-state index is 0.0556. The molecule has 150 valence electrons. The van der Waals surface area contributed by atoms with E-state index in [0.717, 1.165) is 19.2 Å². The third kappa shape index (κ3) is 4.16. The van der Waals surface area contributed by atoms with Gasteiger partial charge in [0.05, 0.1) is 24.5 Å². The van der Waals surface area contributed by atoms with E-state index in [2.05, 4.69) is 15.7 Å². The number of aromatic nitrogens is 2. The molecular weight excluding hydrogens is 377 g/mol. The van der Waals surface area contributed by atoms with Gasteiger partial charge in [-0.05, 0) is 44.5 Å². The summed E-state index contributed by atoms with van der Waals surface area (Å²) in [5, 5.41) is 9.46. The molecule has 1 aliphatic rings. The van der Waals surface area contributed by atoms with Gasteiger partial charge in [0.15, 0.2) is 5.69 Å². The fourth-order valence-electron chi connectivity index (χ4n) is 3.03. The second-order valence-corrected chi connectivity index (χ2v) is 6.23. The number of benzene rings is 1. The van der Waals surface area contributed by atoms with Crippen LogP contribution < -0.4 is 10.6 Å². The summed E-state index contributed by atoms with van der Waals surface area (Å²) in [6.07, 6.45) is -2.41. The van der Waals surface area contributed by atoms with E-state index in [1.807, 2.05) is 0 Å². The number of amides is 1. The quantitative estimate of drug-likeness (QED) is 0.760. The fraction of sp³-hybridized carbons (Fsp3) is 0.389. The first-order valence-corrected chi connectivity index (χ1v) is 8.78. The Morgan fingerprint density at radius 2 is 2.18 bits per heavy atom. The van der Waals surface area contributed by atoms with Gasteiger partial charge in [-0.2, -0.15) is 18.3 Å². The maximum absolute atomic E-state index is 13.6. The number of carbonyl (C=O) groups is 2. The molecule has 1 amide bonds. The van der Waals surface area contributed by atoms with Gasteiger partial charge in [-0.25, -0.2) is 9.48 Å². The SMILES string of the molecule is CCOC(=O)c1cnn(-c2cccc(NC(=O)C3CCCN3)c2)c1C(F)(F)F. The molecule has 10 heteroatoms. The van der Waals surface area contributed by atoms with Crippen molar-refractivity contribution in [1.29, 1.82) is 0 Å². The van der Waals surface area contributed by atoms with Crippen LogP contribution in [0, 0.1) is 0 Å². The molecule has 7 nitrogen and oxygen atoms in total. The third-order valence-electron chi connectivity index (χ3n) is 4.27. The Morgan fingerprint density at radius 1 is 1.39 bits per heavy atom. The van der Waals surface area contributed by atoms with Gasteiger partial charge in [0, 0.05) is 5.69 Å². The summed E-state index contributed by atoms with van der Waals surface area (Å²) in [7, 11) is 0. The van der Waals surface area contributed by atoms with Gasteiger partial charge >= 0.3 is 12.1 Å². The van der Waals surface area contributed by atoms with Crippen molar-refractivity contribution in [2.45, 2.75) is 32.0 Å². The first kappa shape index (κ1) is 19.9. The highest BCUT2D eigenvalue weighted by molar-refractivity contribution is 5.95. The largest absolute Gasteiger partial charge is 0.462 e. The first-order valence-electron chi connectivity index (χ1n) is 8.78. The molecule has 1 fully saturated rings. The predicted molar refractivity (Wildman–Crippen MR) is 94.2 cm³/mol. The van der Waals surface area contributed by atoms with E-state index in [9.17, 15) is 22.8 Å². The molecule has 3 rings (SSSR count). The van der Waals surface area contributed by atoms with Crippen LogP contribution in [0.5, 0.6) is 0 Å². The lowest BCUT2D eigenvalue weighted by molar-refractivity contribution is -0.143. The molecule has 0 bridgehead atoms. The monoisotopic (exact) mass is 396 g/mol. The Hall–Kier alpha value is -2.88. The number of halogens is 3. The first-order chi connectivity index (χ1) is 13.3. The molecule has 0 spiro atoms. The number of carbonyl (C=O) groups excluding carboxylic acids is 2. The number of rotatable bonds is 5. The van der Waals surface area contributed by atoms with Crippen LogP contribution in [-0.2, 0) is 15.7 Å². The highest BCUT2D eigenvalue weighted by Crippen LogP contribution is 2.34. The van der Waals surface area contributed by atoms with E-state index >= 15 is 0 Å². The van der Waals surface area contributed by atoms with E-state index in [-0.39, 0.29) is 24.2 Å². The molecule has 0 saturated carbocycles. The molecule has 28 heavy (non-hydrogen) atoms. The van der Waals surface area contributed by atoms with Gasteiger partial charge in [0.25, 0.3) is 0 Å². The number of nitrogens with one attached hydrogen (secondary N) is 2. The zero-order valence-electron chi connectivity index (χ0n) is 15.0. The summed E-state index contributed by atoms with van der Waals surface area (Å²) in [4.78, 5) is 24.1. The van der Waals surface area contributed by atoms with Crippen molar-refractivity contribution in [2.24, 2.45) is 0 Å². The number of nitrogens with zero attached hydrogens (tertiary/aromatic N) is 2. The van der Waals surface area contributed by atoms with Crippen molar-refractivity contribution in [3.8, 4) is 5.69 Å². The average molecular weight is 396 g/mol. The lowest BCUT2D eigenvalue weighted by atomic mass is 10.2. The van der Waals surface area contributed by atoms with Crippen molar-refractivity contribution >= 4 is 17.6 Å². The van der Waals surface area contributed by atoms with Crippen molar-refractivity contribution in [2.75, 3.05) is 18.5 Å². The zero-order valence-corrected chi connectivity index (χ0v) is 15.0. The van der Waals surface area contributed by atoms with Gasteiger partial charge < -0.3 is 15.4 Å². The second-order valence-electron chi connectivity index (χ2n) is 6.23. The van der Waals surface area contributed by atoms with Gasteiger partial charge in [-0.3, -0.25) is 4.79 Å². The standard InChI is InChI=1S/C18H19F3N4O3/c1-2-28-17(27)13-10-23-25(15(13)18(19,20)21)12-6-3-5-11(9-12)24-16(26)14-7-4-8-22-14/h3,5-6,9-10,14,22H,2,4,7-8H2,1H3,(H,24,26). The Morgan fingerprint density at radius 3 is 2.82 bits per heavy atom. The Balaban J connectivity index is 1.93. The molecular formula is C18H19F3N4O3. The van der Waals surface area contributed by atoms with Crippen LogP contribution in [-0.4, -0.2) is 40.9 Å². The molecule has 1 atom stereocenters. The van der Waals surface area contributed by atoms with Crippen LogP contribution in [0.2, 0.25) is 0 Å². The van der Waals surface area contributed by atoms with E-state index in [4.69, 9.17) is 4.74 Å². The van der Waals surface area contributed by atoms with Crippen molar-refractivity contribution in [1.82, 2.24) is 15.1 Å². The lowest BCUT2D eigenvalue weighted by Gasteiger charge is -2.14. The van der Waals surface area contributed by atoms with Gasteiger partial charge in [0.2, 0.25) is 5.91 Å². The van der Waals surface area contributed by atoms with E-state index in [1.54, 1.807) is 6.07 Å². The number of alkyl halides is 3. The van der Waals surface area contributed by atoms with E-state index in [0.29, 0.717) is 16.8 Å². The molecule has 0 radical (unpaired) electrons. The number of ether oxygens (including phenoxy) is 1. The second kappa shape index (κ2) is 8.01. The molecule has 2 heterocycles. The minimum atomic E-state index is -4.83. The summed E-state index contributed by atoms with van der Waals surface area (Å²) >= 11 is 0. The van der Waals surface area contributed by atoms with Gasteiger partial charge in [0.1, 0.15) is 5.56 Å². The van der Waals surface area contributed by atoms with Crippen LogP contribution in [0.4, 0.5) is 18.9 Å². The van der Waals surface area contributed by atoms with Crippen LogP contribution in [0.1, 0.15) is 35.8 Å². The summed E-state index contributed by atoms with van der Waals surface area (Å²) in [5.41, 5.74) is -1.51. The third-order valence-corrected chi connectivity index (χ3v) is 4.27. The fourth-order valence-corrected chi connectivity index (χ4v) is 3.03. The molecule has 1 unspecified atom stereocenters. The molecule has 2 aromatic rings. The van der Waals surface area contributed by atoms with Crippen LogP contribution in [0.25, 0.3) is 5.69 Å². The average Bonchev–Trinajstić information content (AvgIpc) is 3.31. The molecule has 1 aromatic heterocycles. The van der Waals surface area contributed by atoms with Crippen LogP contribution in [0.15, 0.2) is 30.5 Å². The molecule has 1 aliphatic heterocycles. The van der Waals surface area contributed by atoms with E-state index in [1.165, 1.54) is 25.1 Å². The van der Waals surface area contributed by atoms with Crippen molar-refractivity contribution < 1.29 is 27.5 Å². The minimum Gasteiger partial charge on any atom is -0.462 e. The topological polar surface area (TPSA) is 85.2 Å². The normalized spacial score (nSPS) is 16.8. The van der Waals surface area contributed by atoms with Gasteiger partial charge in [-0.1, -0.05) is 6.07 Å². The number of hydrogen-bond acceptors (Lipinski definition) is 5. The zero-order chi connectivity index (χ0) is 20.3. The van der Waals surface area contributed by atoms with E-state index < -0.39 is 23.4 Å². The predicted octanol–water partition coefficient (Wildman–Crippen LogP) is 2.76. The molecule has 1 saturated heterocycles. The maximum atomic E-state index is 13.6. The Labute approximate surface area is 158 Å². The maximum Gasteiger partial charge on any atom is 0.434 e. The van der Waals surface area contributed by atoms with Crippen LogP contribution >= 0.6 is 0 Å². The summed E-state index contributed by atoms with van der Waals surface area (Å²) in [6, 6.07) is 5.51. The Bertz CT molecular complexity index is 873. The van der Waals surface area contributed by atoms with Crippen LogP contribution in [0.3, 0.4) is 0 Å². The summed E-state index contributed by atoms with van der Waals surface area (Å²) in [6.45, 7) is 2.19. The lowest BCUT2D eigenvalue weighted by Crippen LogP contribution is -2.35. The summed E-state index contributed by atoms with van der Waals surface area (Å²) in [5.74, 6) is -1.35.